The molecule has 1 heterocycles. The maximum Gasteiger partial charge on any atom is 0.131 e. The fourth-order valence-electron chi connectivity index (χ4n) is 2.72. The van der Waals surface area contributed by atoms with Gasteiger partial charge in [0.1, 0.15) is 18.0 Å². The molecule has 0 aromatic carbocycles. The van der Waals surface area contributed by atoms with Gasteiger partial charge in [-0.15, -0.1) is 0 Å². The summed E-state index contributed by atoms with van der Waals surface area (Å²) in [6.45, 7) is 5.25. The van der Waals surface area contributed by atoms with Crippen LogP contribution in [-0.2, 0) is 0 Å². The Kier molecular flexibility index (Phi) is 4.79. The van der Waals surface area contributed by atoms with E-state index in [0.29, 0.717) is 6.04 Å². The van der Waals surface area contributed by atoms with Crippen LogP contribution in [0.1, 0.15) is 46.0 Å². The number of hydrogen-bond donors (Lipinski definition) is 2. The molecule has 0 spiro atoms. The molecule has 0 aliphatic heterocycles. The number of rotatable bonds is 5. The van der Waals surface area contributed by atoms with Gasteiger partial charge in [-0.25, -0.2) is 9.97 Å². The third kappa shape index (κ3) is 3.59. The lowest BCUT2D eigenvalue weighted by Gasteiger charge is -2.29. The van der Waals surface area contributed by atoms with Crippen molar-refractivity contribution in [1.29, 1.82) is 0 Å². The minimum atomic E-state index is 0.577. The number of nitrogens with zero attached hydrogens (tertiary/aromatic N) is 2. The molecule has 1 fully saturated rings. The maximum absolute atomic E-state index is 4.30. The Morgan fingerprint density at radius 2 is 2.06 bits per heavy atom. The van der Waals surface area contributed by atoms with Gasteiger partial charge in [-0.2, -0.15) is 0 Å². The molecule has 0 bridgehead atoms. The Balaban J connectivity index is 1.93. The van der Waals surface area contributed by atoms with Crippen molar-refractivity contribution in [2.24, 2.45) is 5.92 Å². The fourth-order valence-corrected chi connectivity index (χ4v) is 2.72. The topological polar surface area (TPSA) is 49.8 Å². The van der Waals surface area contributed by atoms with Crippen LogP contribution in [0.2, 0.25) is 0 Å². The van der Waals surface area contributed by atoms with Gasteiger partial charge in [-0.3, -0.25) is 0 Å². The van der Waals surface area contributed by atoms with E-state index in [-0.39, 0.29) is 0 Å². The molecule has 0 radical (unpaired) electrons. The molecule has 1 saturated carbocycles. The van der Waals surface area contributed by atoms with Gasteiger partial charge >= 0.3 is 0 Å². The highest BCUT2D eigenvalue weighted by Gasteiger charge is 2.20. The first-order valence-corrected chi connectivity index (χ1v) is 7.14. The Morgan fingerprint density at radius 1 is 1.22 bits per heavy atom. The van der Waals surface area contributed by atoms with Crippen LogP contribution in [0.15, 0.2) is 12.4 Å². The van der Waals surface area contributed by atoms with Crippen molar-refractivity contribution < 1.29 is 0 Å². The van der Waals surface area contributed by atoms with Crippen LogP contribution in [0.25, 0.3) is 0 Å². The van der Waals surface area contributed by atoms with Crippen LogP contribution in [0, 0.1) is 5.92 Å². The molecule has 18 heavy (non-hydrogen) atoms. The summed E-state index contributed by atoms with van der Waals surface area (Å²) in [5.41, 5.74) is 0. The lowest BCUT2D eigenvalue weighted by molar-refractivity contribution is 0.327. The second-order valence-electron chi connectivity index (χ2n) is 5.10. The first kappa shape index (κ1) is 13.1. The monoisotopic (exact) mass is 248 g/mol. The lowest BCUT2D eigenvalue weighted by Crippen LogP contribution is -2.27. The van der Waals surface area contributed by atoms with Gasteiger partial charge in [0.2, 0.25) is 0 Å². The molecule has 1 aliphatic carbocycles. The molecule has 1 aromatic heterocycles. The first-order chi connectivity index (χ1) is 8.81. The highest BCUT2D eigenvalue weighted by atomic mass is 15.1. The number of anilines is 2. The average Bonchev–Trinajstić information content (AvgIpc) is 2.40. The summed E-state index contributed by atoms with van der Waals surface area (Å²) in [7, 11) is 0. The quantitative estimate of drug-likeness (QED) is 0.839. The standard InChI is InChI=1S/C14H24N4/c1-3-11-6-5-7-12(8-11)18-14-9-13(15-4-2)16-10-17-14/h9-12H,3-8H2,1-2H3,(H2,15,16,17,18). The Hall–Kier alpha value is -1.32. The number of hydrogen-bond acceptors (Lipinski definition) is 4. The van der Waals surface area contributed by atoms with Crippen molar-refractivity contribution in [2.75, 3.05) is 17.2 Å². The Bertz CT molecular complexity index is 367. The third-order valence-electron chi connectivity index (χ3n) is 3.74. The highest BCUT2D eigenvalue weighted by molar-refractivity contribution is 5.46. The van der Waals surface area contributed by atoms with E-state index in [1.54, 1.807) is 6.33 Å². The SMILES string of the molecule is CCNc1cc(NC2CCCC(CC)C2)ncn1. The van der Waals surface area contributed by atoms with Crippen LogP contribution in [0.5, 0.6) is 0 Å². The zero-order valence-corrected chi connectivity index (χ0v) is 11.4. The minimum absolute atomic E-state index is 0.577. The van der Waals surface area contributed by atoms with Crippen LogP contribution >= 0.6 is 0 Å². The van der Waals surface area contributed by atoms with Crippen molar-refractivity contribution in [3.05, 3.63) is 12.4 Å². The average molecular weight is 248 g/mol. The highest BCUT2D eigenvalue weighted by Crippen LogP contribution is 2.28. The van der Waals surface area contributed by atoms with Crippen LogP contribution in [0.4, 0.5) is 11.6 Å². The zero-order valence-electron chi connectivity index (χ0n) is 11.4. The van der Waals surface area contributed by atoms with E-state index in [1.807, 2.05) is 6.07 Å². The number of nitrogens with one attached hydrogen (secondary N) is 2. The molecule has 2 atom stereocenters. The van der Waals surface area contributed by atoms with Crippen molar-refractivity contribution in [3.63, 3.8) is 0 Å². The second-order valence-corrected chi connectivity index (χ2v) is 5.10. The second kappa shape index (κ2) is 6.57. The van der Waals surface area contributed by atoms with Gasteiger partial charge in [-0.05, 0) is 25.7 Å². The molecule has 4 nitrogen and oxygen atoms in total. The molecule has 4 heteroatoms. The van der Waals surface area contributed by atoms with E-state index in [4.69, 9.17) is 0 Å². The van der Waals surface area contributed by atoms with Crippen molar-refractivity contribution in [2.45, 2.75) is 52.0 Å². The Labute approximate surface area is 110 Å². The van der Waals surface area contributed by atoms with E-state index in [9.17, 15) is 0 Å². The summed E-state index contributed by atoms with van der Waals surface area (Å²) in [6.07, 6.45) is 8.18. The summed E-state index contributed by atoms with van der Waals surface area (Å²) in [4.78, 5) is 8.50. The predicted molar refractivity (Wildman–Crippen MR) is 75.9 cm³/mol. The molecule has 0 saturated heterocycles. The largest absolute Gasteiger partial charge is 0.370 e. The number of aromatic nitrogens is 2. The van der Waals surface area contributed by atoms with Gasteiger partial charge in [0, 0.05) is 18.7 Å². The molecule has 1 aliphatic rings. The van der Waals surface area contributed by atoms with Crippen molar-refractivity contribution in [3.8, 4) is 0 Å². The molecule has 1 aromatic rings. The van der Waals surface area contributed by atoms with E-state index >= 15 is 0 Å². The summed E-state index contributed by atoms with van der Waals surface area (Å²) >= 11 is 0. The maximum atomic E-state index is 4.30. The molecule has 2 rings (SSSR count). The predicted octanol–water partition coefficient (Wildman–Crippen LogP) is 3.29. The van der Waals surface area contributed by atoms with E-state index in [2.05, 4.69) is 34.4 Å². The molecular formula is C14H24N4. The van der Waals surface area contributed by atoms with Crippen molar-refractivity contribution in [1.82, 2.24) is 9.97 Å². The van der Waals surface area contributed by atoms with Crippen LogP contribution in [-0.4, -0.2) is 22.6 Å². The van der Waals surface area contributed by atoms with Crippen molar-refractivity contribution >= 4 is 11.6 Å². The Morgan fingerprint density at radius 3 is 2.83 bits per heavy atom. The van der Waals surface area contributed by atoms with Gasteiger partial charge in [0.25, 0.3) is 0 Å². The molecule has 100 valence electrons. The van der Waals surface area contributed by atoms with Gasteiger partial charge < -0.3 is 10.6 Å². The van der Waals surface area contributed by atoms with Crippen LogP contribution in [0.3, 0.4) is 0 Å². The molecule has 0 amide bonds. The minimum Gasteiger partial charge on any atom is -0.370 e. The summed E-state index contributed by atoms with van der Waals surface area (Å²) in [6, 6.07) is 2.58. The molecule has 2 N–H and O–H groups in total. The zero-order chi connectivity index (χ0) is 12.8. The van der Waals surface area contributed by atoms with E-state index < -0.39 is 0 Å². The normalized spacial score (nSPS) is 23.7. The van der Waals surface area contributed by atoms with E-state index in [1.165, 1.54) is 32.1 Å². The summed E-state index contributed by atoms with van der Waals surface area (Å²) < 4.78 is 0. The van der Waals surface area contributed by atoms with Gasteiger partial charge in [-0.1, -0.05) is 26.2 Å². The smallest absolute Gasteiger partial charge is 0.131 e. The van der Waals surface area contributed by atoms with Gasteiger partial charge in [0.15, 0.2) is 0 Å². The first-order valence-electron chi connectivity index (χ1n) is 7.14. The molecule has 2 unspecified atom stereocenters. The van der Waals surface area contributed by atoms with Crippen LogP contribution < -0.4 is 10.6 Å². The summed E-state index contributed by atoms with van der Waals surface area (Å²) in [5, 5.41) is 6.77. The summed E-state index contributed by atoms with van der Waals surface area (Å²) in [5.74, 6) is 2.73. The fraction of sp³-hybridized carbons (Fsp3) is 0.714. The molecular weight excluding hydrogens is 224 g/mol. The van der Waals surface area contributed by atoms with Gasteiger partial charge in [0.05, 0.1) is 0 Å². The van der Waals surface area contributed by atoms with E-state index in [0.717, 1.165) is 24.1 Å². The lowest BCUT2D eigenvalue weighted by atomic mass is 9.84. The third-order valence-corrected chi connectivity index (χ3v) is 3.74.